The third-order valence-corrected chi connectivity index (χ3v) is 4.89. The lowest BCUT2D eigenvalue weighted by atomic mass is 10.0. The molecule has 1 aromatic rings. The summed E-state index contributed by atoms with van der Waals surface area (Å²) in [6.45, 7) is 7.66. The average molecular weight is 357 g/mol. The zero-order valence-electron chi connectivity index (χ0n) is 16.0. The van der Waals surface area contributed by atoms with Crippen LogP contribution in [-0.4, -0.2) is 73.4 Å². The largest absolute Gasteiger partial charge is 0.496 e. The second-order valence-corrected chi connectivity index (χ2v) is 7.33. The summed E-state index contributed by atoms with van der Waals surface area (Å²) in [6, 6.07) is 7.42. The summed E-state index contributed by atoms with van der Waals surface area (Å²) in [5.74, 6) is 0.423. The maximum Gasteiger partial charge on any atom is 0.277 e. The number of methoxy groups -OCH3 is 1. The van der Waals surface area contributed by atoms with Crippen molar-refractivity contribution >= 4 is 17.4 Å². The summed E-state index contributed by atoms with van der Waals surface area (Å²) < 4.78 is 5.47. The van der Waals surface area contributed by atoms with E-state index in [1.54, 1.807) is 7.11 Å². The normalized spacial score (nSPS) is 19.1. The van der Waals surface area contributed by atoms with Gasteiger partial charge in [-0.1, -0.05) is 32.0 Å². The molecule has 0 bridgehead atoms. The molecule has 0 atom stereocenters. The van der Waals surface area contributed by atoms with E-state index in [0.29, 0.717) is 29.1 Å². The van der Waals surface area contributed by atoms with Crippen molar-refractivity contribution in [3.05, 3.63) is 35.5 Å². The van der Waals surface area contributed by atoms with Crippen molar-refractivity contribution in [1.29, 1.82) is 0 Å². The Labute approximate surface area is 155 Å². The third kappa shape index (κ3) is 3.33. The van der Waals surface area contributed by atoms with Gasteiger partial charge in [-0.25, -0.2) is 0 Å². The number of rotatable bonds is 5. The highest BCUT2D eigenvalue weighted by atomic mass is 16.5. The van der Waals surface area contributed by atoms with Gasteiger partial charge < -0.3 is 14.5 Å². The molecule has 2 amide bonds. The monoisotopic (exact) mass is 357 g/mol. The van der Waals surface area contributed by atoms with Crippen molar-refractivity contribution in [1.82, 2.24) is 14.7 Å². The molecule has 0 spiro atoms. The van der Waals surface area contributed by atoms with Gasteiger partial charge in [0.2, 0.25) is 0 Å². The van der Waals surface area contributed by atoms with E-state index < -0.39 is 0 Å². The zero-order chi connectivity index (χ0) is 18.8. The van der Waals surface area contributed by atoms with Gasteiger partial charge in [-0.15, -0.1) is 0 Å². The first-order valence-electron chi connectivity index (χ1n) is 9.11. The van der Waals surface area contributed by atoms with E-state index >= 15 is 0 Å². The number of likely N-dealkylation sites (N-methyl/N-ethyl adjacent to an activating group) is 1. The molecule has 3 rings (SSSR count). The Morgan fingerprint density at radius 3 is 2.31 bits per heavy atom. The molecular weight excluding hydrogens is 330 g/mol. The Balaban J connectivity index is 2.09. The van der Waals surface area contributed by atoms with Crippen LogP contribution in [0, 0.1) is 5.92 Å². The van der Waals surface area contributed by atoms with Crippen LogP contribution in [0.15, 0.2) is 30.0 Å². The van der Waals surface area contributed by atoms with E-state index in [-0.39, 0.29) is 17.7 Å². The maximum atomic E-state index is 13.2. The fourth-order valence-corrected chi connectivity index (χ4v) is 3.51. The van der Waals surface area contributed by atoms with Crippen LogP contribution in [0.3, 0.4) is 0 Å². The summed E-state index contributed by atoms with van der Waals surface area (Å²) in [5, 5.41) is 0. The van der Waals surface area contributed by atoms with E-state index in [4.69, 9.17) is 4.74 Å². The van der Waals surface area contributed by atoms with Crippen LogP contribution in [0.25, 0.3) is 5.57 Å². The quantitative estimate of drug-likeness (QED) is 0.751. The van der Waals surface area contributed by atoms with Crippen LogP contribution in [0.1, 0.15) is 19.4 Å². The standard InChI is InChI=1S/C20H27N3O3/c1-14(2)13-23-19(24)17(15-7-5-6-8-16(15)26-4)18(20(23)25)22-11-9-21(3)10-12-22/h5-8,14H,9-13H2,1-4H3. The number of benzene rings is 1. The molecule has 6 nitrogen and oxygen atoms in total. The van der Waals surface area contributed by atoms with Crippen molar-refractivity contribution in [2.45, 2.75) is 13.8 Å². The molecule has 1 aromatic carbocycles. The lowest BCUT2D eigenvalue weighted by Gasteiger charge is -2.34. The predicted octanol–water partition coefficient (Wildman–Crippen LogP) is 1.68. The number of carbonyl (C=O) groups is 2. The fourth-order valence-electron chi connectivity index (χ4n) is 3.51. The van der Waals surface area contributed by atoms with Crippen molar-refractivity contribution in [2.75, 3.05) is 46.9 Å². The lowest BCUT2D eigenvalue weighted by Crippen LogP contribution is -2.46. The van der Waals surface area contributed by atoms with Crippen molar-refractivity contribution in [3.8, 4) is 5.75 Å². The molecule has 26 heavy (non-hydrogen) atoms. The van der Waals surface area contributed by atoms with Crippen LogP contribution in [-0.2, 0) is 9.59 Å². The number of para-hydroxylation sites is 1. The van der Waals surface area contributed by atoms with Gasteiger partial charge in [-0.2, -0.15) is 0 Å². The van der Waals surface area contributed by atoms with Crippen molar-refractivity contribution in [2.24, 2.45) is 5.92 Å². The Morgan fingerprint density at radius 1 is 1.04 bits per heavy atom. The van der Waals surface area contributed by atoms with Crippen LogP contribution < -0.4 is 4.74 Å². The molecule has 6 heteroatoms. The Hall–Kier alpha value is -2.34. The minimum Gasteiger partial charge on any atom is -0.496 e. The first-order valence-corrected chi connectivity index (χ1v) is 9.11. The predicted molar refractivity (Wildman–Crippen MR) is 101 cm³/mol. The fraction of sp³-hybridized carbons (Fsp3) is 0.500. The highest BCUT2D eigenvalue weighted by Crippen LogP contribution is 2.36. The number of nitrogens with zero attached hydrogens (tertiary/aromatic N) is 3. The minimum atomic E-state index is -0.220. The van der Waals surface area contributed by atoms with E-state index in [2.05, 4.69) is 16.8 Å². The Bertz CT molecular complexity index is 734. The topological polar surface area (TPSA) is 53.1 Å². The van der Waals surface area contributed by atoms with Gasteiger partial charge in [0.25, 0.3) is 11.8 Å². The molecular formula is C20H27N3O3. The number of hydrogen-bond acceptors (Lipinski definition) is 5. The molecule has 0 unspecified atom stereocenters. The van der Waals surface area contributed by atoms with Crippen LogP contribution in [0.4, 0.5) is 0 Å². The minimum absolute atomic E-state index is 0.186. The van der Waals surface area contributed by atoms with Crippen molar-refractivity contribution < 1.29 is 14.3 Å². The second kappa shape index (κ2) is 7.50. The van der Waals surface area contributed by atoms with E-state index in [9.17, 15) is 9.59 Å². The molecule has 0 N–H and O–H groups in total. The summed E-state index contributed by atoms with van der Waals surface area (Å²) in [7, 11) is 3.65. The number of imide groups is 1. The summed E-state index contributed by atoms with van der Waals surface area (Å²) >= 11 is 0. The molecule has 0 aromatic heterocycles. The van der Waals surface area contributed by atoms with Crippen LogP contribution in [0.5, 0.6) is 5.75 Å². The maximum absolute atomic E-state index is 13.2. The lowest BCUT2D eigenvalue weighted by molar-refractivity contribution is -0.138. The number of ether oxygens (including phenoxy) is 1. The van der Waals surface area contributed by atoms with Gasteiger partial charge in [0, 0.05) is 38.3 Å². The summed E-state index contributed by atoms with van der Waals surface area (Å²) in [6.07, 6.45) is 0. The van der Waals surface area contributed by atoms with Crippen LogP contribution >= 0.6 is 0 Å². The highest BCUT2D eigenvalue weighted by Gasteiger charge is 2.42. The van der Waals surface area contributed by atoms with E-state index in [1.165, 1.54) is 4.90 Å². The number of amides is 2. The number of carbonyl (C=O) groups excluding carboxylic acids is 2. The van der Waals surface area contributed by atoms with Gasteiger partial charge in [-0.05, 0) is 19.0 Å². The van der Waals surface area contributed by atoms with Gasteiger partial charge in [-0.3, -0.25) is 14.5 Å². The summed E-state index contributed by atoms with van der Waals surface area (Å²) in [4.78, 5) is 32.0. The summed E-state index contributed by atoms with van der Waals surface area (Å²) in [5.41, 5.74) is 1.68. The first-order chi connectivity index (χ1) is 12.4. The molecule has 1 fully saturated rings. The third-order valence-electron chi connectivity index (χ3n) is 4.89. The SMILES string of the molecule is COc1ccccc1C1=C(N2CCN(C)CC2)C(=O)N(CC(C)C)C1=O. The van der Waals surface area contributed by atoms with Gasteiger partial charge in [0.15, 0.2) is 0 Å². The molecule has 0 aliphatic carbocycles. The first kappa shape index (κ1) is 18.5. The number of hydrogen-bond donors (Lipinski definition) is 0. The Kier molecular flexibility index (Phi) is 5.32. The Morgan fingerprint density at radius 2 is 1.69 bits per heavy atom. The smallest absolute Gasteiger partial charge is 0.277 e. The van der Waals surface area contributed by atoms with Gasteiger partial charge in [0.1, 0.15) is 11.4 Å². The molecule has 2 heterocycles. The van der Waals surface area contributed by atoms with Gasteiger partial charge >= 0.3 is 0 Å². The average Bonchev–Trinajstić information content (AvgIpc) is 2.86. The molecule has 0 saturated carbocycles. The molecule has 2 aliphatic heterocycles. The van der Waals surface area contributed by atoms with E-state index in [0.717, 1.165) is 26.2 Å². The van der Waals surface area contributed by atoms with E-state index in [1.807, 2.05) is 38.1 Å². The highest BCUT2D eigenvalue weighted by molar-refractivity contribution is 6.36. The second-order valence-electron chi connectivity index (χ2n) is 7.33. The molecule has 2 aliphatic rings. The van der Waals surface area contributed by atoms with Gasteiger partial charge in [0.05, 0.1) is 12.7 Å². The number of piperazine rings is 1. The zero-order valence-corrected chi connectivity index (χ0v) is 16.0. The van der Waals surface area contributed by atoms with Crippen molar-refractivity contribution in [3.63, 3.8) is 0 Å². The molecule has 140 valence electrons. The molecule has 0 radical (unpaired) electrons. The van der Waals surface area contributed by atoms with Crippen LogP contribution in [0.2, 0.25) is 0 Å². The molecule has 1 saturated heterocycles.